The topological polar surface area (TPSA) is 30.5 Å². The summed E-state index contributed by atoms with van der Waals surface area (Å²) in [6, 6.07) is 0.630. The molecule has 19 heavy (non-hydrogen) atoms. The fourth-order valence-corrected chi connectivity index (χ4v) is 5.70. The molecular weight excluding hydrogens is 258 g/mol. The maximum Gasteiger partial charge on any atom is 0.169 e. The van der Waals surface area contributed by atoms with Crippen molar-refractivity contribution in [1.29, 1.82) is 0 Å². The lowest BCUT2D eigenvalue weighted by Crippen LogP contribution is -2.49. The third kappa shape index (κ3) is 3.29. The quantitative estimate of drug-likeness (QED) is 0.863. The van der Waals surface area contributed by atoms with E-state index >= 15 is 0 Å². The van der Waals surface area contributed by atoms with Crippen LogP contribution in [0.1, 0.15) is 51.4 Å². The molecule has 1 saturated heterocycles. The van der Waals surface area contributed by atoms with Gasteiger partial charge in [0.25, 0.3) is 0 Å². The second kappa shape index (κ2) is 6.33. The molecule has 1 aliphatic heterocycles. The van der Waals surface area contributed by atoms with Gasteiger partial charge in [0.2, 0.25) is 0 Å². The predicted octanol–water partition coefficient (Wildman–Crippen LogP) is 2.94. The lowest BCUT2D eigenvalue weighted by atomic mass is 9.89. The van der Waals surface area contributed by atoms with E-state index in [4.69, 9.17) is 9.47 Å². The van der Waals surface area contributed by atoms with E-state index in [2.05, 4.69) is 24.1 Å². The Balaban J connectivity index is 1.61. The van der Waals surface area contributed by atoms with Gasteiger partial charge >= 0.3 is 0 Å². The van der Waals surface area contributed by atoms with E-state index in [-0.39, 0.29) is 5.79 Å². The summed E-state index contributed by atoms with van der Waals surface area (Å²) < 4.78 is 11.9. The number of rotatable bonds is 3. The van der Waals surface area contributed by atoms with Gasteiger partial charge in [-0.25, -0.2) is 0 Å². The molecule has 2 unspecified atom stereocenters. The largest absolute Gasteiger partial charge is 0.347 e. The average Bonchev–Trinajstić information content (AvgIpc) is 2.88. The average molecular weight is 285 g/mol. The van der Waals surface area contributed by atoms with Crippen molar-refractivity contribution in [3.63, 3.8) is 0 Å². The van der Waals surface area contributed by atoms with Crippen LogP contribution in [0.25, 0.3) is 0 Å². The Labute approximate surface area is 121 Å². The van der Waals surface area contributed by atoms with Gasteiger partial charge in [-0.2, -0.15) is 11.8 Å². The summed E-state index contributed by atoms with van der Waals surface area (Å²) in [6.45, 7) is 1.57. The third-order valence-corrected chi connectivity index (χ3v) is 6.60. The van der Waals surface area contributed by atoms with Gasteiger partial charge in [0.1, 0.15) is 0 Å². The molecule has 0 aromatic carbocycles. The summed E-state index contributed by atoms with van der Waals surface area (Å²) in [4.78, 5) is 0. The van der Waals surface area contributed by atoms with Gasteiger partial charge < -0.3 is 14.8 Å². The lowest BCUT2D eigenvalue weighted by molar-refractivity contribution is -0.177. The molecular formula is C15H27NO2S. The zero-order valence-corrected chi connectivity index (χ0v) is 12.8. The second-order valence-electron chi connectivity index (χ2n) is 6.18. The smallest absolute Gasteiger partial charge is 0.169 e. The molecule has 4 heteroatoms. The summed E-state index contributed by atoms with van der Waals surface area (Å²) in [7, 11) is 2.10. The highest BCUT2D eigenvalue weighted by Crippen LogP contribution is 2.43. The number of nitrogens with one attached hydrogen (secondary N) is 1. The third-order valence-electron chi connectivity index (χ3n) is 4.90. The maximum atomic E-state index is 5.93. The van der Waals surface area contributed by atoms with Gasteiger partial charge in [0, 0.05) is 29.4 Å². The number of hydrogen-bond acceptors (Lipinski definition) is 4. The van der Waals surface area contributed by atoms with Crippen molar-refractivity contribution in [3.8, 4) is 0 Å². The van der Waals surface area contributed by atoms with Crippen molar-refractivity contribution in [3.05, 3.63) is 0 Å². The highest BCUT2D eigenvalue weighted by atomic mass is 32.2. The van der Waals surface area contributed by atoms with E-state index in [9.17, 15) is 0 Å². The first-order valence-corrected chi connectivity index (χ1v) is 8.86. The molecule has 0 amide bonds. The van der Waals surface area contributed by atoms with Crippen LogP contribution in [0.3, 0.4) is 0 Å². The van der Waals surface area contributed by atoms with Gasteiger partial charge in [-0.15, -0.1) is 0 Å². The van der Waals surface area contributed by atoms with Gasteiger partial charge in [0.05, 0.1) is 13.2 Å². The molecule has 0 bridgehead atoms. The van der Waals surface area contributed by atoms with Gasteiger partial charge in [-0.1, -0.05) is 19.3 Å². The SMILES string of the molecule is CNC1CCC2(CC1SC1CCCCC1)OCCO2. The monoisotopic (exact) mass is 285 g/mol. The molecule has 0 aromatic heterocycles. The first-order chi connectivity index (χ1) is 9.31. The van der Waals surface area contributed by atoms with Gasteiger partial charge in [-0.3, -0.25) is 0 Å². The van der Waals surface area contributed by atoms with Crippen LogP contribution in [0.5, 0.6) is 0 Å². The molecule has 3 nitrogen and oxygen atoms in total. The minimum absolute atomic E-state index is 0.236. The van der Waals surface area contributed by atoms with Crippen LogP contribution in [0.2, 0.25) is 0 Å². The Morgan fingerprint density at radius 2 is 1.79 bits per heavy atom. The Hall–Kier alpha value is 0.230. The fourth-order valence-electron chi connectivity index (χ4n) is 3.79. The Kier molecular flexibility index (Phi) is 4.73. The van der Waals surface area contributed by atoms with Crippen molar-refractivity contribution < 1.29 is 9.47 Å². The molecule has 0 aromatic rings. The van der Waals surface area contributed by atoms with E-state index < -0.39 is 0 Å². The summed E-state index contributed by atoms with van der Waals surface area (Å²) in [5.74, 6) is -0.236. The van der Waals surface area contributed by atoms with Crippen molar-refractivity contribution in [2.75, 3.05) is 20.3 Å². The maximum absolute atomic E-state index is 5.93. The first kappa shape index (κ1) is 14.2. The molecule has 1 N–H and O–H groups in total. The van der Waals surface area contributed by atoms with Crippen molar-refractivity contribution in [1.82, 2.24) is 5.32 Å². The molecule has 3 fully saturated rings. The number of ether oxygens (including phenoxy) is 2. The first-order valence-electron chi connectivity index (χ1n) is 7.92. The summed E-state index contributed by atoms with van der Waals surface area (Å²) >= 11 is 2.21. The summed E-state index contributed by atoms with van der Waals surface area (Å²) in [5, 5.41) is 5.04. The highest BCUT2D eigenvalue weighted by Gasteiger charge is 2.45. The van der Waals surface area contributed by atoms with E-state index in [1.807, 2.05) is 0 Å². The molecule has 0 radical (unpaired) electrons. The van der Waals surface area contributed by atoms with Crippen LogP contribution >= 0.6 is 11.8 Å². The van der Waals surface area contributed by atoms with Gasteiger partial charge in [0.15, 0.2) is 5.79 Å². The van der Waals surface area contributed by atoms with E-state index in [0.29, 0.717) is 11.3 Å². The molecule has 3 rings (SSSR count). The van der Waals surface area contributed by atoms with Crippen LogP contribution in [0.15, 0.2) is 0 Å². The minimum Gasteiger partial charge on any atom is -0.347 e. The molecule has 3 aliphatic rings. The minimum atomic E-state index is -0.236. The normalized spacial score (nSPS) is 35.8. The molecule has 2 aliphatic carbocycles. The number of thioether (sulfide) groups is 1. The van der Waals surface area contributed by atoms with Crippen LogP contribution in [0.4, 0.5) is 0 Å². The number of hydrogen-bond donors (Lipinski definition) is 1. The Bertz CT molecular complexity index is 288. The van der Waals surface area contributed by atoms with Gasteiger partial charge in [-0.05, 0) is 26.3 Å². The molecule has 2 atom stereocenters. The van der Waals surface area contributed by atoms with Crippen molar-refractivity contribution >= 4 is 11.8 Å². The second-order valence-corrected chi connectivity index (χ2v) is 7.72. The van der Waals surface area contributed by atoms with E-state index in [1.165, 1.54) is 38.5 Å². The van der Waals surface area contributed by atoms with Crippen molar-refractivity contribution in [2.45, 2.75) is 73.7 Å². The highest BCUT2D eigenvalue weighted by molar-refractivity contribution is 8.00. The Morgan fingerprint density at radius 1 is 1.05 bits per heavy atom. The lowest BCUT2D eigenvalue weighted by Gasteiger charge is -2.42. The predicted molar refractivity (Wildman–Crippen MR) is 79.6 cm³/mol. The zero-order chi connectivity index (χ0) is 13.1. The van der Waals surface area contributed by atoms with Crippen LogP contribution in [0, 0.1) is 0 Å². The van der Waals surface area contributed by atoms with Crippen LogP contribution in [-0.4, -0.2) is 42.6 Å². The molecule has 1 spiro atoms. The van der Waals surface area contributed by atoms with Crippen molar-refractivity contribution in [2.24, 2.45) is 0 Å². The molecule has 110 valence electrons. The Morgan fingerprint density at radius 3 is 2.47 bits per heavy atom. The fraction of sp³-hybridized carbons (Fsp3) is 1.00. The molecule has 1 heterocycles. The standard InChI is InChI=1S/C15H27NO2S/c1-16-13-7-8-15(17-9-10-18-15)11-14(13)19-12-5-3-2-4-6-12/h12-14,16H,2-11H2,1H3. The summed E-state index contributed by atoms with van der Waals surface area (Å²) in [5.41, 5.74) is 0. The van der Waals surface area contributed by atoms with Crippen LogP contribution in [-0.2, 0) is 9.47 Å². The zero-order valence-electron chi connectivity index (χ0n) is 12.0. The van der Waals surface area contributed by atoms with Crippen LogP contribution < -0.4 is 5.32 Å². The molecule has 2 saturated carbocycles. The van der Waals surface area contributed by atoms with E-state index in [0.717, 1.165) is 31.3 Å². The van der Waals surface area contributed by atoms with E-state index in [1.54, 1.807) is 0 Å². The summed E-state index contributed by atoms with van der Waals surface area (Å²) in [6.07, 6.45) is 10.4.